The van der Waals surface area contributed by atoms with Crippen LogP contribution in [-0.2, 0) is 0 Å². The van der Waals surface area contributed by atoms with Gasteiger partial charge in [-0.15, -0.1) is 0 Å². The minimum Gasteiger partial charge on any atom is -0.390 e. The van der Waals surface area contributed by atoms with Crippen LogP contribution in [0.1, 0.15) is 66.2 Å². The minimum atomic E-state index is -0.426. The molecule has 0 bridgehead atoms. The van der Waals surface area contributed by atoms with Gasteiger partial charge >= 0.3 is 0 Å². The van der Waals surface area contributed by atoms with Crippen molar-refractivity contribution in [3.8, 4) is 0 Å². The molecule has 1 heteroatoms. The van der Waals surface area contributed by atoms with Gasteiger partial charge in [-0.25, -0.2) is 0 Å². The first-order valence-corrected chi connectivity index (χ1v) is 5.74. The fourth-order valence-corrected chi connectivity index (χ4v) is 1.75. The molecule has 0 spiro atoms. The average Bonchev–Trinajstić information content (AvgIpc) is 2.03. The molecule has 80 valence electrons. The lowest BCUT2D eigenvalue weighted by Gasteiger charge is -2.26. The van der Waals surface area contributed by atoms with E-state index in [2.05, 4.69) is 20.8 Å². The molecule has 0 rings (SSSR count). The van der Waals surface area contributed by atoms with E-state index < -0.39 is 5.60 Å². The molecule has 0 aromatic rings. The summed E-state index contributed by atoms with van der Waals surface area (Å²) in [6.07, 6.45) is 6.73. The highest BCUT2D eigenvalue weighted by molar-refractivity contribution is 4.74. The molecular formula is C12H26O. The van der Waals surface area contributed by atoms with Gasteiger partial charge in [0.25, 0.3) is 0 Å². The summed E-state index contributed by atoms with van der Waals surface area (Å²) >= 11 is 0. The summed E-state index contributed by atoms with van der Waals surface area (Å²) in [4.78, 5) is 0. The third kappa shape index (κ3) is 7.06. The fraction of sp³-hybridized carbons (Fsp3) is 1.00. The van der Waals surface area contributed by atoms with Gasteiger partial charge in [-0.05, 0) is 25.7 Å². The van der Waals surface area contributed by atoms with Crippen LogP contribution >= 0.6 is 0 Å². The summed E-state index contributed by atoms with van der Waals surface area (Å²) in [7, 11) is 0. The van der Waals surface area contributed by atoms with Crippen LogP contribution in [0, 0.1) is 5.92 Å². The quantitative estimate of drug-likeness (QED) is 0.600. The number of unbranched alkanes of at least 4 members (excludes halogenated alkanes) is 2. The van der Waals surface area contributed by atoms with Gasteiger partial charge in [0.1, 0.15) is 0 Å². The van der Waals surface area contributed by atoms with Crippen LogP contribution in [0.2, 0.25) is 0 Å². The Morgan fingerprint density at radius 2 is 1.85 bits per heavy atom. The van der Waals surface area contributed by atoms with E-state index in [-0.39, 0.29) is 0 Å². The second-order valence-electron chi connectivity index (χ2n) is 4.67. The summed E-state index contributed by atoms with van der Waals surface area (Å²) in [5.74, 6) is 0.650. The first kappa shape index (κ1) is 13.0. The Kier molecular flexibility index (Phi) is 6.40. The zero-order chi connectivity index (χ0) is 10.3. The van der Waals surface area contributed by atoms with E-state index in [4.69, 9.17) is 0 Å². The van der Waals surface area contributed by atoms with Crippen molar-refractivity contribution in [3.05, 3.63) is 0 Å². The predicted molar refractivity (Wildman–Crippen MR) is 58.8 cm³/mol. The largest absolute Gasteiger partial charge is 0.390 e. The Labute approximate surface area is 83.5 Å². The lowest BCUT2D eigenvalue weighted by Crippen LogP contribution is -2.26. The van der Waals surface area contributed by atoms with E-state index in [9.17, 15) is 5.11 Å². The Morgan fingerprint density at radius 1 is 1.23 bits per heavy atom. The second kappa shape index (κ2) is 6.42. The van der Waals surface area contributed by atoms with Gasteiger partial charge in [0.15, 0.2) is 0 Å². The molecule has 0 aromatic carbocycles. The van der Waals surface area contributed by atoms with Crippen molar-refractivity contribution in [1.82, 2.24) is 0 Å². The maximum atomic E-state index is 10.0. The van der Waals surface area contributed by atoms with Crippen molar-refractivity contribution >= 4 is 0 Å². The highest BCUT2D eigenvalue weighted by Crippen LogP contribution is 2.24. The van der Waals surface area contributed by atoms with Gasteiger partial charge in [-0.1, -0.05) is 46.5 Å². The predicted octanol–water partition coefficient (Wildman–Crippen LogP) is 3.75. The average molecular weight is 186 g/mol. The molecule has 0 aliphatic rings. The second-order valence-corrected chi connectivity index (χ2v) is 4.67. The molecule has 1 nitrogen and oxygen atoms in total. The van der Waals surface area contributed by atoms with Crippen LogP contribution in [0.15, 0.2) is 0 Å². The van der Waals surface area contributed by atoms with Gasteiger partial charge in [-0.2, -0.15) is 0 Å². The summed E-state index contributed by atoms with van der Waals surface area (Å²) in [6, 6.07) is 0. The topological polar surface area (TPSA) is 20.2 Å². The van der Waals surface area contributed by atoms with Crippen molar-refractivity contribution < 1.29 is 5.11 Å². The van der Waals surface area contributed by atoms with E-state index in [0.29, 0.717) is 5.92 Å². The molecule has 0 aliphatic carbocycles. The van der Waals surface area contributed by atoms with Crippen molar-refractivity contribution in [1.29, 1.82) is 0 Å². The van der Waals surface area contributed by atoms with E-state index in [1.807, 2.05) is 6.92 Å². The fourth-order valence-electron chi connectivity index (χ4n) is 1.75. The Balaban J connectivity index is 3.65. The molecule has 0 fully saturated rings. The van der Waals surface area contributed by atoms with Crippen LogP contribution in [0.25, 0.3) is 0 Å². The zero-order valence-electron chi connectivity index (χ0n) is 9.77. The molecule has 13 heavy (non-hydrogen) atoms. The summed E-state index contributed by atoms with van der Waals surface area (Å²) in [5.41, 5.74) is -0.426. The first-order chi connectivity index (χ1) is 6.02. The van der Waals surface area contributed by atoms with Gasteiger partial charge < -0.3 is 5.11 Å². The molecule has 2 atom stereocenters. The Bertz CT molecular complexity index is 118. The number of hydrogen-bond acceptors (Lipinski definition) is 1. The van der Waals surface area contributed by atoms with Crippen LogP contribution in [0.4, 0.5) is 0 Å². The van der Waals surface area contributed by atoms with Crippen molar-refractivity contribution in [2.24, 2.45) is 5.92 Å². The maximum absolute atomic E-state index is 10.0. The van der Waals surface area contributed by atoms with E-state index in [1.165, 1.54) is 25.7 Å². The minimum absolute atomic E-state index is 0.426. The summed E-state index contributed by atoms with van der Waals surface area (Å²) in [6.45, 7) is 8.58. The molecule has 2 unspecified atom stereocenters. The Hall–Kier alpha value is -0.0400. The first-order valence-electron chi connectivity index (χ1n) is 5.74. The van der Waals surface area contributed by atoms with Crippen LogP contribution in [0.5, 0.6) is 0 Å². The number of aliphatic hydroxyl groups is 1. The van der Waals surface area contributed by atoms with Crippen LogP contribution in [0.3, 0.4) is 0 Å². The van der Waals surface area contributed by atoms with Crippen molar-refractivity contribution in [2.45, 2.75) is 71.8 Å². The lowest BCUT2D eigenvalue weighted by atomic mass is 9.87. The smallest absolute Gasteiger partial charge is 0.0622 e. The molecule has 0 radical (unpaired) electrons. The van der Waals surface area contributed by atoms with Gasteiger partial charge in [0, 0.05) is 0 Å². The van der Waals surface area contributed by atoms with Crippen molar-refractivity contribution in [2.75, 3.05) is 0 Å². The molecular weight excluding hydrogens is 160 g/mol. The molecule has 0 heterocycles. The highest BCUT2D eigenvalue weighted by Gasteiger charge is 2.21. The third-order valence-corrected chi connectivity index (χ3v) is 2.80. The van der Waals surface area contributed by atoms with Crippen LogP contribution < -0.4 is 0 Å². The molecule has 1 N–H and O–H groups in total. The number of rotatable bonds is 7. The molecule has 0 aromatic heterocycles. The van der Waals surface area contributed by atoms with Gasteiger partial charge in [0.05, 0.1) is 5.60 Å². The van der Waals surface area contributed by atoms with Gasteiger partial charge in [-0.3, -0.25) is 0 Å². The van der Waals surface area contributed by atoms with E-state index in [0.717, 1.165) is 12.8 Å². The van der Waals surface area contributed by atoms with E-state index in [1.54, 1.807) is 0 Å². The van der Waals surface area contributed by atoms with Crippen molar-refractivity contribution in [3.63, 3.8) is 0 Å². The van der Waals surface area contributed by atoms with Crippen LogP contribution in [-0.4, -0.2) is 10.7 Å². The normalized spacial score (nSPS) is 18.2. The zero-order valence-corrected chi connectivity index (χ0v) is 9.77. The van der Waals surface area contributed by atoms with Gasteiger partial charge in [0.2, 0.25) is 0 Å². The lowest BCUT2D eigenvalue weighted by molar-refractivity contribution is 0.0248. The van der Waals surface area contributed by atoms with E-state index >= 15 is 0 Å². The Morgan fingerprint density at radius 3 is 2.31 bits per heavy atom. The third-order valence-electron chi connectivity index (χ3n) is 2.80. The molecule has 0 aliphatic heterocycles. The molecule has 0 amide bonds. The summed E-state index contributed by atoms with van der Waals surface area (Å²) in [5, 5.41) is 10.0. The monoisotopic (exact) mass is 186 g/mol. The maximum Gasteiger partial charge on any atom is 0.0622 e. The summed E-state index contributed by atoms with van der Waals surface area (Å²) < 4.78 is 0. The SMILES string of the molecule is CCCCCC(C)(O)CC(C)CC. The molecule has 0 saturated heterocycles. The molecule has 0 saturated carbocycles. The number of hydrogen-bond donors (Lipinski definition) is 1. The standard InChI is InChI=1S/C12H26O/c1-5-7-8-9-12(4,13)10-11(3)6-2/h11,13H,5-10H2,1-4H3. The highest BCUT2D eigenvalue weighted by atomic mass is 16.3.